The van der Waals surface area contributed by atoms with Gasteiger partial charge in [-0.15, -0.1) is 0 Å². The normalized spacial score (nSPS) is 24.9. The molecule has 2 unspecified atom stereocenters. The molecular formula is C13H13N. The summed E-state index contributed by atoms with van der Waals surface area (Å²) in [6, 6.07) is 10.6. The predicted molar refractivity (Wildman–Crippen MR) is 60.8 cm³/mol. The van der Waals surface area contributed by atoms with Crippen molar-refractivity contribution in [2.24, 2.45) is 4.99 Å². The molecule has 0 saturated carbocycles. The van der Waals surface area contributed by atoms with Crippen LogP contribution in [-0.2, 0) is 0 Å². The van der Waals surface area contributed by atoms with E-state index in [1.807, 2.05) is 12.1 Å². The lowest BCUT2D eigenvalue weighted by Gasteiger charge is -2.20. The van der Waals surface area contributed by atoms with Crippen molar-refractivity contribution in [2.45, 2.75) is 12.0 Å². The van der Waals surface area contributed by atoms with Gasteiger partial charge >= 0.3 is 0 Å². The van der Waals surface area contributed by atoms with Crippen molar-refractivity contribution in [3.8, 4) is 0 Å². The standard InChI is InChI=1S/C13H13N/c1-14-13-10-6-5-9-12(13)11-7-3-2-4-8-11/h2-10,12-13H,1H2. The molecule has 0 saturated heterocycles. The quantitative estimate of drug-likeness (QED) is 0.625. The van der Waals surface area contributed by atoms with Crippen LogP contribution < -0.4 is 0 Å². The second-order valence-electron chi connectivity index (χ2n) is 3.38. The van der Waals surface area contributed by atoms with E-state index in [1.54, 1.807) is 0 Å². The van der Waals surface area contributed by atoms with Crippen LogP contribution in [-0.4, -0.2) is 12.8 Å². The Morgan fingerprint density at radius 2 is 1.71 bits per heavy atom. The van der Waals surface area contributed by atoms with Crippen molar-refractivity contribution in [3.63, 3.8) is 0 Å². The molecule has 1 heteroatoms. The number of allylic oxidation sites excluding steroid dienone is 2. The maximum Gasteiger partial charge on any atom is 0.0778 e. The van der Waals surface area contributed by atoms with Crippen LogP contribution in [0.1, 0.15) is 11.5 Å². The summed E-state index contributed by atoms with van der Waals surface area (Å²) in [5.41, 5.74) is 1.30. The van der Waals surface area contributed by atoms with E-state index in [2.05, 4.69) is 54.2 Å². The van der Waals surface area contributed by atoms with Crippen molar-refractivity contribution in [1.29, 1.82) is 0 Å². The van der Waals surface area contributed by atoms with Crippen LogP contribution in [0.5, 0.6) is 0 Å². The van der Waals surface area contributed by atoms with Gasteiger partial charge in [0, 0.05) is 5.92 Å². The van der Waals surface area contributed by atoms with Crippen LogP contribution in [0.15, 0.2) is 59.6 Å². The molecule has 2 rings (SSSR count). The third-order valence-corrected chi connectivity index (χ3v) is 2.50. The van der Waals surface area contributed by atoms with E-state index in [9.17, 15) is 0 Å². The highest BCUT2D eigenvalue weighted by Crippen LogP contribution is 2.26. The van der Waals surface area contributed by atoms with Crippen molar-refractivity contribution in [2.75, 3.05) is 0 Å². The van der Waals surface area contributed by atoms with Crippen LogP contribution in [0.25, 0.3) is 0 Å². The Morgan fingerprint density at radius 1 is 1.00 bits per heavy atom. The first-order valence-corrected chi connectivity index (χ1v) is 4.77. The molecule has 0 spiro atoms. The Morgan fingerprint density at radius 3 is 2.43 bits per heavy atom. The monoisotopic (exact) mass is 183 g/mol. The summed E-state index contributed by atoms with van der Waals surface area (Å²) >= 11 is 0. The molecule has 14 heavy (non-hydrogen) atoms. The van der Waals surface area contributed by atoms with Gasteiger partial charge in [0.05, 0.1) is 6.04 Å². The van der Waals surface area contributed by atoms with Gasteiger partial charge in [-0.25, -0.2) is 0 Å². The first-order chi connectivity index (χ1) is 6.92. The number of aliphatic imine (C=N–C) groups is 1. The fraction of sp³-hybridized carbons (Fsp3) is 0.154. The molecule has 1 aromatic rings. The van der Waals surface area contributed by atoms with Gasteiger partial charge in [0.25, 0.3) is 0 Å². The molecule has 0 heterocycles. The molecule has 1 aliphatic carbocycles. The number of hydrogen-bond acceptors (Lipinski definition) is 1. The van der Waals surface area contributed by atoms with Crippen molar-refractivity contribution in [1.82, 2.24) is 0 Å². The van der Waals surface area contributed by atoms with E-state index in [0.29, 0.717) is 5.92 Å². The van der Waals surface area contributed by atoms with Crippen molar-refractivity contribution >= 4 is 6.72 Å². The van der Waals surface area contributed by atoms with E-state index in [1.165, 1.54) is 5.56 Å². The first kappa shape index (κ1) is 8.95. The van der Waals surface area contributed by atoms with Gasteiger partial charge in [0.1, 0.15) is 0 Å². The van der Waals surface area contributed by atoms with Crippen LogP contribution in [0.4, 0.5) is 0 Å². The topological polar surface area (TPSA) is 12.4 Å². The van der Waals surface area contributed by atoms with Crippen molar-refractivity contribution in [3.05, 3.63) is 60.2 Å². The minimum atomic E-state index is 0.183. The van der Waals surface area contributed by atoms with Crippen LogP contribution in [0.2, 0.25) is 0 Å². The first-order valence-electron chi connectivity index (χ1n) is 4.77. The number of nitrogens with zero attached hydrogens (tertiary/aromatic N) is 1. The zero-order valence-corrected chi connectivity index (χ0v) is 8.01. The summed E-state index contributed by atoms with van der Waals surface area (Å²) in [4.78, 5) is 4.12. The van der Waals surface area contributed by atoms with E-state index in [0.717, 1.165) is 0 Å². The average molecular weight is 183 g/mol. The maximum atomic E-state index is 4.12. The second-order valence-corrected chi connectivity index (χ2v) is 3.38. The molecule has 0 fully saturated rings. The SMILES string of the molecule is C=NC1C=CC=CC1c1ccccc1. The molecule has 70 valence electrons. The van der Waals surface area contributed by atoms with E-state index in [4.69, 9.17) is 0 Å². The molecule has 1 nitrogen and oxygen atoms in total. The number of rotatable bonds is 2. The Bertz CT molecular complexity index is 362. The summed E-state index contributed by atoms with van der Waals surface area (Å²) in [6.07, 6.45) is 8.36. The molecule has 0 aliphatic heterocycles. The molecule has 0 radical (unpaired) electrons. The number of benzene rings is 1. The molecule has 2 atom stereocenters. The van der Waals surface area contributed by atoms with Gasteiger partial charge < -0.3 is 0 Å². The summed E-state index contributed by atoms with van der Waals surface area (Å²) in [5, 5.41) is 0. The molecule has 0 N–H and O–H groups in total. The van der Waals surface area contributed by atoms with Gasteiger partial charge in [-0.3, -0.25) is 4.99 Å². The fourth-order valence-electron chi connectivity index (χ4n) is 1.75. The van der Waals surface area contributed by atoms with E-state index >= 15 is 0 Å². The smallest absolute Gasteiger partial charge is 0.0778 e. The molecule has 0 aromatic heterocycles. The van der Waals surface area contributed by atoms with Gasteiger partial charge in [0.15, 0.2) is 0 Å². The summed E-state index contributed by atoms with van der Waals surface area (Å²) in [5.74, 6) is 0.346. The Labute approximate surface area is 84.5 Å². The lowest BCUT2D eigenvalue weighted by Crippen LogP contribution is -2.13. The Kier molecular flexibility index (Phi) is 2.59. The lowest BCUT2D eigenvalue weighted by molar-refractivity contribution is 0.720. The highest BCUT2D eigenvalue weighted by Gasteiger charge is 2.17. The molecule has 1 aromatic carbocycles. The highest BCUT2D eigenvalue weighted by atomic mass is 14.7. The van der Waals surface area contributed by atoms with Gasteiger partial charge in [-0.05, 0) is 12.3 Å². The van der Waals surface area contributed by atoms with Gasteiger partial charge in [-0.2, -0.15) is 0 Å². The van der Waals surface area contributed by atoms with Gasteiger partial charge in [-0.1, -0.05) is 54.6 Å². The molecule has 1 aliphatic rings. The third kappa shape index (κ3) is 1.67. The average Bonchev–Trinajstić information content (AvgIpc) is 2.30. The van der Waals surface area contributed by atoms with E-state index in [-0.39, 0.29) is 6.04 Å². The zero-order valence-electron chi connectivity index (χ0n) is 8.01. The predicted octanol–water partition coefficient (Wildman–Crippen LogP) is 2.97. The van der Waals surface area contributed by atoms with Crippen LogP contribution >= 0.6 is 0 Å². The van der Waals surface area contributed by atoms with Crippen molar-refractivity contribution < 1.29 is 0 Å². The zero-order chi connectivity index (χ0) is 9.80. The highest BCUT2D eigenvalue weighted by molar-refractivity contribution is 5.36. The Hall–Kier alpha value is -1.63. The largest absolute Gasteiger partial charge is 0.293 e. The van der Waals surface area contributed by atoms with Crippen LogP contribution in [0, 0.1) is 0 Å². The minimum Gasteiger partial charge on any atom is -0.293 e. The second kappa shape index (κ2) is 4.05. The fourth-order valence-corrected chi connectivity index (χ4v) is 1.75. The lowest BCUT2D eigenvalue weighted by atomic mass is 9.89. The van der Waals surface area contributed by atoms with Crippen LogP contribution in [0.3, 0.4) is 0 Å². The number of hydrogen-bond donors (Lipinski definition) is 0. The minimum absolute atomic E-state index is 0.183. The maximum absolute atomic E-state index is 4.12. The van der Waals surface area contributed by atoms with Gasteiger partial charge in [0.2, 0.25) is 0 Å². The molecular weight excluding hydrogens is 170 g/mol. The summed E-state index contributed by atoms with van der Waals surface area (Å²) in [6.45, 7) is 3.62. The Balaban J connectivity index is 2.30. The van der Waals surface area contributed by atoms with E-state index < -0.39 is 0 Å². The molecule has 0 amide bonds. The summed E-state index contributed by atoms with van der Waals surface area (Å²) in [7, 11) is 0. The summed E-state index contributed by atoms with van der Waals surface area (Å²) < 4.78 is 0. The third-order valence-electron chi connectivity index (χ3n) is 2.50. The molecule has 0 bridgehead atoms.